The summed E-state index contributed by atoms with van der Waals surface area (Å²) in [6, 6.07) is 17.8. The van der Waals surface area contributed by atoms with Crippen LogP contribution in [0.5, 0.6) is 0 Å². The third-order valence-electron chi connectivity index (χ3n) is 16.8. The molecule has 1 saturated carbocycles. The Balaban J connectivity index is 0.000000418. The van der Waals surface area contributed by atoms with Crippen LogP contribution in [0.1, 0.15) is 257 Å². The number of hydrogen-bond donors (Lipinski definition) is 3. The topological polar surface area (TPSA) is 88.4 Å². The van der Waals surface area contributed by atoms with Gasteiger partial charge < -0.3 is 29.1 Å². The summed E-state index contributed by atoms with van der Waals surface area (Å²) < 4.78 is 19.3. The maximum absolute atomic E-state index is 10.1. The van der Waals surface area contributed by atoms with Crippen LogP contribution in [0.25, 0.3) is 11.1 Å². The minimum atomic E-state index is -1.86. The van der Waals surface area contributed by atoms with Crippen molar-refractivity contribution >= 4 is 26.6 Å². The van der Waals surface area contributed by atoms with Crippen LogP contribution >= 0.6 is 0 Å². The van der Waals surface area contributed by atoms with Gasteiger partial charge in [-0.3, -0.25) is 0 Å². The lowest BCUT2D eigenvalue weighted by Gasteiger charge is -2.45. The van der Waals surface area contributed by atoms with Gasteiger partial charge in [0.15, 0.2) is 0 Å². The highest BCUT2D eigenvalue weighted by molar-refractivity contribution is 6.77. The SMILES string of the molecule is C#CC[C@@H](C)C[C@H](O[Si](C(C)C)(C(C)C)C(C)C)C(=C)C.C=C1/C(=C\C=C(/CCC)c2cccc(CCCCCC(C)(C)O)c2)C[C@@H](O)C[C@@H]1O.CCC/C(=C\B1OC(C)(C)C(C)(C)O1)c1cccc(CCCCCC(C)(C)C)c1. The van der Waals surface area contributed by atoms with Gasteiger partial charge in [-0.15, -0.1) is 12.3 Å². The molecule has 8 heteroatoms. The molecule has 4 rings (SSSR count). The first kappa shape index (κ1) is 72.8. The highest BCUT2D eigenvalue weighted by Gasteiger charge is 2.50. The number of hydrogen-bond acceptors (Lipinski definition) is 6. The van der Waals surface area contributed by atoms with Crippen molar-refractivity contribution in [3.05, 3.63) is 119 Å². The number of aliphatic hydroxyl groups is 3. The lowest BCUT2D eigenvalue weighted by Crippen LogP contribution is -2.50. The van der Waals surface area contributed by atoms with Crippen LogP contribution in [0, 0.1) is 23.7 Å². The molecule has 2 aliphatic rings. The summed E-state index contributed by atoms with van der Waals surface area (Å²) >= 11 is 0. The molecular weight excluding hydrogens is 1000 g/mol. The number of terminal acetylenes is 1. The van der Waals surface area contributed by atoms with Crippen LogP contribution in [0.15, 0.2) is 96.5 Å². The van der Waals surface area contributed by atoms with Crippen LogP contribution < -0.4 is 0 Å². The molecule has 1 heterocycles. The molecule has 0 spiro atoms. The van der Waals surface area contributed by atoms with E-state index in [-0.39, 0.29) is 24.4 Å². The molecule has 450 valence electrons. The summed E-state index contributed by atoms with van der Waals surface area (Å²) in [5.74, 6) is 5.45. The summed E-state index contributed by atoms with van der Waals surface area (Å²) in [5.41, 5.74) is 11.9. The first-order chi connectivity index (χ1) is 37.2. The number of rotatable bonds is 28. The quantitative estimate of drug-likeness (QED) is 0.0341. The van der Waals surface area contributed by atoms with Crippen molar-refractivity contribution in [3.63, 3.8) is 0 Å². The number of unbranched alkanes of at least 4 members (excludes halogenated alkanes) is 4. The van der Waals surface area contributed by atoms with Gasteiger partial charge in [0, 0.05) is 12.8 Å². The minimum absolute atomic E-state index is 0.146. The highest BCUT2D eigenvalue weighted by atomic mass is 28.4. The molecule has 0 amide bonds. The number of aryl methyl sites for hydroxylation is 2. The Morgan fingerprint density at radius 1 is 0.787 bits per heavy atom. The minimum Gasteiger partial charge on any atom is -0.409 e. The Hall–Kier alpha value is -3.26. The van der Waals surface area contributed by atoms with E-state index in [0.717, 1.165) is 93.8 Å². The van der Waals surface area contributed by atoms with Gasteiger partial charge in [-0.25, -0.2) is 0 Å². The molecule has 1 saturated heterocycles. The molecule has 6 nitrogen and oxygen atoms in total. The second-order valence-electron chi connectivity index (χ2n) is 27.7. The van der Waals surface area contributed by atoms with Gasteiger partial charge in [0.25, 0.3) is 0 Å². The zero-order valence-corrected chi connectivity index (χ0v) is 55.8. The zero-order chi connectivity index (χ0) is 60.6. The van der Waals surface area contributed by atoms with E-state index in [4.69, 9.17) is 20.2 Å². The molecule has 0 unspecified atom stereocenters. The van der Waals surface area contributed by atoms with E-state index >= 15 is 0 Å². The summed E-state index contributed by atoms with van der Waals surface area (Å²) in [5, 5.41) is 29.9. The first-order valence-corrected chi connectivity index (χ1v) is 33.5. The maximum Gasteiger partial charge on any atom is 0.487 e. The van der Waals surface area contributed by atoms with Crippen molar-refractivity contribution in [3.8, 4) is 12.3 Å². The van der Waals surface area contributed by atoms with Gasteiger partial charge in [-0.05, 0) is 185 Å². The molecule has 1 aliphatic heterocycles. The lowest BCUT2D eigenvalue weighted by molar-refractivity contribution is 0.00578. The van der Waals surface area contributed by atoms with Gasteiger partial charge in [-0.1, -0.05) is 207 Å². The van der Waals surface area contributed by atoms with E-state index in [2.05, 4.69) is 197 Å². The fourth-order valence-corrected chi connectivity index (χ4v) is 17.1. The van der Waals surface area contributed by atoms with Crippen LogP contribution in [0.3, 0.4) is 0 Å². The van der Waals surface area contributed by atoms with E-state index < -0.39 is 26.1 Å². The molecule has 4 atom stereocenters. The fraction of sp³-hybridized carbons (Fsp3) is 0.667. The van der Waals surface area contributed by atoms with Gasteiger partial charge in [0.05, 0.1) is 35.1 Å². The van der Waals surface area contributed by atoms with Gasteiger partial charge in [0.1, 0.15) is 0 Å². The molecule has 0 radical (unpaired) electrons. The highest BCUT2D eigenvalue weighted by Crippen LogP contribution is 2.44. The maximum atomic E-state index is 10.1. The van der Waals surface area contributed by atoms with E-state index in [0.29, 0.717) is 40.8 Å². The third-order valence-corrected chi connectivity index (χ3v) is 22.9. The van der Waals surface area contributed by atoms with E-state index in [1.165, 1.54) is 59.1 Å². The monoisotopic (exact) mass is 1120 g/mol. The van der Waals surface area contributed by atoms with Crippen LogP contribution in [0.4, 0.5) is 0 Å². The zero-order valence-electron chi connectivity index (χ0n) is 54.8. The average Bonchev–Trinajstić information content (AvgIpc) is 3.56. The van der Waals surface area contributed by atoms with Crippen LogP contribution in [-0.4, -0.2) is 65.9 Å². The Morgan fingerprint density at radius 3 is 1.73 bits per heavy atom. The van der Waals surface area contributed by atoms with Gasteiger partial charge in [0.2, 0.25) is 8.32 Å². The standard InChI is InChI=1S/C27H40O3.C26H43BO2.C19H36OSi/c1-5-10-22(14-15-23-18-25(28)19-26(29)20(23)2)24-13-9-12-21(17-24)11-7-6-8-16-27(3,4)30;1-9-14-23(20-27-28-25(5,6)26(7,8)29-27)22-17-13-16-21(19-22)15-11-10-12-18-24(2,3)4;1-11-12-18(10)13-19(14(2)3)20-21(15(4)5,16(6)7)17(8)9/h9,12-15,17,25-26,28-30H,2,5-8,10-11,16,18-19H2,1,3-4H3;13,16-17,19-20H,9-12,14-15,18H2,1-8H3;1,15-19H,2,12-13H2,3-10H3/b22-14+,23-15-;23-20+;/t25-,26+;;18-,19+/m1.1/s1. The first-order valence-electron chi connectivity index (χ1n) is 31.4. The van der Waals surface area contributed by atoms with Crippen LogP contribution in [-0.2, 0) is 26.6 Å². The van der Waals surface area contributed by atoms with Crippen molar-refractivity contribution in [2.45, 2.75) is 299 Å². The smallest absolute Gasteiger partial charge is 0.409 e. The van der Waals surface area contributed by atoms with Gasteiger partial charge in [-0.2, -0.15) is 0 Å². The second-order valence-corrected chi connectivity index (χ2v) is 33.2. The van der Waals surface area contributed by atoms with Crippen molar-refractivity contribution in [1.29, 1.82) is 0 Å². The third kappa shape index (κ3) is 25.3. The normalized spacial score (nSPS) is 19.2. The Kier molecular flexibility index (Phi) is 31.4. The summed E-state index contributed by atoms with van der Waals surface area (Å²) in [7, 11) is -2.13. The molecule has 0 aromatic heterocycles. The summed E-state index contributed by atoms with van der Waals surface area (Å²) in [4.78, 5) is 0. The summed E-state index contributed by atoms with van der Waals surface area (Å²) in [6.45, 7) is 50.0. The molecule has 3 N–H and O–H groups in total. The molecule has 2 aromatic carbocycles. The largest absolute Gasteiger partial charge is 0.487 e. The average molecular weight is 1120 g/mol. The Labute approximate surface area is 494 Å². The number of allylic oxidation sites excluding steroid dienone is 4. The summed E-state index contributed by atoms with van der Waals surface area (Å²) in [6.07, 6.45) is 27.1. The Bertz CT molecular complexity index is 2260. The predicted molar refractivity (Wildman–Crippen MR) is 351 cm³/mol. The predicted octanol–water partition coefficient (Wildman–Crippen LogP) is 19.6. The molecular formula is C72H119BO6Si. The molecule has 2 fully saturated rings. The van der Waals surface area contributed by atoms with E-state index in [1.807, 2.05) is 19.9 Å². The number of aliphatic hydroxyl groups excluding tert-OH is 2. The molecule has 0 bridgehead atoms. The van der Waals surface area contributed by atoms with Crippen molar-refractivity contribution < 1.29 is 29.1 Å². The van der Waals surface area contributed by atoms with Crippen LogP contribution in [0.2, 0.25) is 16.6 Å². The van der Waals surface area contributed by atoms with E-state index in [9.17, 15) is 15.3 Å². The molecule has 80 heavy (non-hydrogen) atoms. The molecule has 1 aliphatic carbocycles. The molecule has 2 aromatic rings. The fourth-order valence-electron chi connectivity index (χ4n) is 11.5. The van der Waals surface area contributed by atoms with E-state index in [1.54, 1.807) is 0 Å². The van der Waals surface area contributed by atoms with Crippen molar-refractivity contribution in [2.75, 3.05) is 0 Å². The second kappa shape index (κ2) is 34.5. The van der Waals surface area contributed by atoms with Crippen molar-refractivity contribution in [2.24, 2.45) is 11.3 Å². The lowest BCUT2D eigenvalue weighted by atomic mass is 9.83. The van der Waals surface area contributed by atoms with Gasteiger partial charge >= 0.3 is 7.12 Å². The number of benzene rings is 2. The Morgan fingerprint density at radius 2 is 1.27 bits per heavy atom. The van der Waals surface area contributed by atoms with Crippen molar-refractivity contribution in [1.82, 2.24) is 0 Å².